The van der Waals surface area contributed by atoms with Crippen molar-refractivity contribution in [2.45, 2.75) is 110 Å². The van der Waals surface area contributed by atoms with Gasteiger partial charge >= 0.3 is 0 Å². The van der Waals surface area contributed by atoms with Crippen molar-refractivity contribution in [2.75, 3.05) is 0 Å². The Labute approximate surface area is 158 Å². The van der Waals surface area contributed by atoms with Gasteiger partial charge in [0.05, 0.1) is 4.91 Å². The molecule has 1 aliphatic rings. The highest BCUT2D eigenvalue weighted by atomic mass is 32.2. The predicted molar refractivity (Wildman–Crippen MR) is 109 cm³/mol. The summed E-state index contributed by atoms with van der Waals surface area (Å²) in [5.74, 6) is -0.226. The van der Waals surface area contributed by atoms with E-state index in [1.165, 1.54) is 89.9 Å². The Morgan fingerprint density at radius 1 is 0.720 bits per heavy atom. The first-order valence-electron chi connectivity index (χ1n) is 10.5. The van der Waals surface area contributed by atoms with Crippen LogP contribution in [0.5, 0.6) is 0 Å². The number of hydrogen-bond acceptors (Lipinski definition) is 3. The van der Waals surface area contributed by atoms with Crippen LogP contribution in [0.15, 0.2) is 11.0 Å². The summed E-state index contributed by atoms with van der Waals surface area (Å²) in [6.07, 6.45) is 23.3. The van der Waals surface area contributed by atoms with Crippen LogP contribution in [0, 0.1) is 0 Å². The number of unbranched alkanes of at least 4 members (excludes halogenated alkanes) is 15. The highest BCUT2D eigenvalue weighted by molar-refractivity contribution is 8.18. The molecule has 1 aliphatic heterocycles. The van der Waals surface area contributed by atoms with Gasteiger partial charge in [-0.3, -0.25) is 14.9 Å². The van der Waals surface area contributed by atoms with Crippen LogP contribution >= 0.6 is 11.8 Å². The molecule has 144 valence electrons. The molecule has 0 unspecified atom stereocenters. The molecule has 0 atom stereocenters. The molecule has 0 saturated carbocycles. The second-order valence-corrected chi connectivity index (χ2v) is 8.17. The molecule has 1 rings (SSSR count). The van der Waals surface area contributed by atoms with Gasteiger partial charge in [-0.15, -0.1) is 0 Å². The largest absolute Gasteiger partial charge is 0.290 e. The fraction of sp³-hybridized carbons (Fsp3) is 0.810. The smallest absolute Gasteiger partial charge is 0.282 e. The van der Waals surface area contributed by atoms with E-state index >= 15 is 0 Å². The minimum atomic E-state index is -0.243. The molecule has 1 heterocycles. The third-order valence-electron chi connectivity index (χ3n) is 4.78. The first-order chi connectivity index (χ1) is 12.2. The van der Waals surface area contributed by atoms with E-state index in [4.69, 9.17) is 0 Å². The molecular formula is C21H37NO2S. The van der Waals surface area contributed by atoms with E-state index in [0.717, 1.165) is 24.6 Å². The van der Waals surface area contributed by atoms with Gasteiger partial charge in [0.2, 0.25) is 0 Å². The van der Waals surface area contributed by atoms with E-state index < -0.39 is 0 Å². The molecule has 0 radical (unpaired) electrons. The van der Waals surface area contributed by atoms with Gasteiger partial charge < -0.3 is 0 Å². The number of allylic oxidation sites excluding steroid dienone is 1. The van der Waals surface area contributed by atoms with E-state index in [2.05, 4.69) is 12.2 Å². The molecule has 2 amide bonds. The predicted octanol–water partition coefficient (Wildman–Crippen LogP) is 7.11. The van der Waals surface area contributed by atoms with Gasteiger partial charge in [-0.25, -0.2) is 0 Å². The Hall–Kier alpha value is -0.770. The normalized spacial score (nSPS) is 16.0. The molecule has 1 saturated heterocycles. The number of thioether (sulfide) groups is 1. The Morgan fingerprint density at radius 3 is 1.56 bits per heavy atom. The van der Waals surface area contributed by atoms with Gasteiger partial charge in [0.15, 0.2) is 0 Å². The zero-order chi connectivity index (χ0) is 18.2. The lowest BCUT2D eigenvalue weighted by molar-refractivity contribution is -0.115. The van der Waals surface area contributed by atoms with Crippen molar-refractivity contribution in [2.24, 2.45) is 0 Å². The number of imide groups is 1. The van der Waals surface area contributed by atoms with E-state index in [-0.39, 0.29) is 11.1 Å². The molecular weight excluding hydrogens is 330 g/mol. The molecule has 3 nitrogen and oxygen atoms in total. The Bertz CT molecular complexity index is 407. The van der Waals surface area contributed by atoms with Crippen LogP contribution in [0.4, 0.5) is 4.79 Å². The van der Waals surface area contributed by atoms with Gasteiger partial charge in [0, 0.05) is 0 Å². The van der Waals surface area contributed by atoms with Gasteiger partial charge in [-0.1, -0.05) is 103 Å². The van der Waals surface area contributed by atoms with Gasteiger partial charge in [-0.2, -0.15) is 0 Å². The fourth-order valence-electron chi connectivity index (χ4n) is 3.21. The summed E-state index contributed by atoms with van der Waals surface area (Å²) in [7, 11) is 0. The molecule has 0 bridgehead atoms. The molecule has 0 spiro atoms. The molecule has 1 fully saturated rings. The van der Waals surface area contributed by atoms with Crippen LogP contribution in [-0.4, -0.2) is 11.1 Å². The zero-order valence-electron chi connectivity index (χ0n) is 16.1. The minimum absolute atomic E-state index is 0.226. The van der Waals surface area contributed by atoms with Gasteiger partial charge in [-0.05, 0) is 24.6 Å². The van der Waals surface area contributed by atoms with E-state index in [1.807, 2.05) is 6.08 Å². The Kier molecular flexibility index (Phi) is 13.8. The molecule has 1 N–H and O–H groups in total. The average molecular weight is 368 g/mol. The van der Waals surface area contributed by atoms with Crippen molar-refractivity contribution in [1.29, 1.82) is 0 Å². The van der Waals surface area contributed by atoms with Crippen LogP contribution in [0.2, 0.25) is 0 Å². The van der Waals surface area contributed by atoms with Crippen molar-refractivity contribution in [3.8, 4) is 0 Å². The number of carbonyl (C=O) groups excluding carboxylic acids is 2. The molecule has 4 heteroatoms. The van der Waals surface area contributed by atoms with Gasteiger partial charge in [0.1, 0.15) is 0 Å². The number of rotatable bonds is 16. The first-order valence-corrected chi connectivity index (χ1v) is 11.3. The lowest BCUT2D eigenvalue weighted by atomic mass is 10.0. The lowest BCUT2D eigenvalue weighted by Gasteiger charge is -2.03. The summed E-state index contributed by atoms with van der Waals surface area (Å²) in [4.78, 5) is 23.0. The number of amides is 2. The van der Waals surface area contributed by atoms with Crippen LogP contribution in [0.1, 0.15) is 110 Å². The Balaban J connectivity index is 1.77. The Morgan fingerprint density at radius 2 is 1.16 bits per heavy atom. The van der Waals surface area contributed by atoms with Crippen LogP contribution < -0.4 is 5.32 Å². The third kappa shape index (κ3) is 12.3. The summed E-state index contributed by atoms with van der Waals surface area (Å²) in [6.45, 7) is 2.27. The second-order valence-electron chi connectivity index (χ2n) is 7.15. The standard InChI is InChI=1S/C21H37NO2S/c1-2-3-4-5-6-7-8-9-10-11-12-13-14-15-16-17-18-19-20(23)22-21(24)25-19/h18H,2-17H2,1H3,(H,22,23,24). The summed E-state index contributed by atoms with van der Waals surface area (Å²) in [5.41, 5.74) is 0. The maximum Gasteiger partial charge on any atom is 0.290 e. The summed E-state index contributed by atoms with van der Waals surface area (Å²) >= 11 is 1.02. The average Bonchev–Trinajstić information content (AvgIpc) is 2.92. The molecule has 0 aromatic heterocycles. The SMILES string of the molecule is CCCCCCCCCCCCCCCCCC=C1SC(=O)NC1=O. The van der Waals surface area contributed by atoms with Crippen molar-refractivity contribution in [1.82, 2.24) is 5.32 Å². The number of nitrogens with one attached hydrogen (secondary N) is 1. The van der Waals surface area contributed by atoms with Crippen LogP contribution in [0.25, 0.3) is 0 Å². The lowest BCUT2D eigenvalue weighted by Crippen LogP contribution is -2.17. The fourth-order valence-corrected chi connectivity index (χ4v) is 3.90. The quantitative estimate of drug-likeness (QED) is 0.233. The molecule has 0 aromatic rings. The topological polar surface area (TPSA) is 46.2 Å². The zero-order valence-corrected chi connectivity index (χ0v) is 16.9. The molecule has 0 aromatic carbocycles. The summed E-state index contributed by atoms with van der Waals surface area (Å²) < 4.78 is 0. The maximum atomic E-state index is 11.4. The number of carbonyl (C=O) groups is 2. The molecule has 25 heavy (non-hydrogen) atoms. The van der Waals surface area contributed by atoms with E-state index in [1.54, 1.807) is 0 Å². The highest BCUT2D eigenvalue weighted by Crippen LogP contribution is 2.24. The summed E-state index contributed by atoms with van der Waals surface area (Å²) in [5, 5.41) is 2.05. The summed E-state index contributed by atoms with van der Waals surface area (Å²) in [6, 6.07) is 0. The van der Waals surface area contributed by atoms with Crippen molar-refractivity contribution >= 4 is 22.9 Å². The van der Waals surface area contributed by atoms with Crippen molar-refractivity contribution < 1.29 is 9.59 Å². The van der Waals surface area contributed by atoms with E-state index in [0.29, 0.717) is 4.91 Å². The monoisotopic (exact) mass is 367 g/mol. The van der Waals surface area contributed by atoms with Gasteiger partial charge in [0.25, 0.3) is 11.1 Å². The molecule has 0 aliphatic carbocycles. The maximum absolute atomic E-state index is 11.4. The second kappa shape index (κ2) is 15.5. The third-order valence-corrected chi connectivity index (χ3v) is 5.64. The minimum Gasteiger partial charge on any atom is -0.282 e. The number of hydrogen-bond donors (Lipinski definition) is 1. The van der Waals surface area contributed by atoms with Crippen molar-refractivity contribution in [3.05, 3.63) is 11.0 Å². The highest BCUT2D eigenvalue weighted by Gasteiger charge is 2.24. The van der Waals surface area contributed by atoms with E-state index in [9.17, 15) is 9.59 Å². The van der Waals surface area contributed by atoms with Crippen LogP contribution in [0.3, 0.4) is 0 Å². The van der Waals surface area contributed by atoms with Crippen LogP contribution in [-0.2, 0) is 4.79 Å². The first kappa shape index (κ1) is 22.3. The van der Waals surface area contributed by atoms with Crippen molar-refractivity contribution in [3.63, 3.8) is 0 Å².